The predicted molar refractivity (Wildman–Crippen MR) is 144 cm³/mol. The van der Waals surface area contributed by atoms with Crippen LogP contribution < -0.4 is 10.1 Å². The second kappa shape index (κ2) is 10.1. The molecule has 0 saturated heterocycles. The Morgan fingerprint density at radius 3 is 2.59 bits per heavy atom. The van der Waals surface area contributed by atoms with Crippen molar-refractivity contribution in [1.29, 1.82) is 0 Å². The molecule has 0 aliphatic heterocycles. The van der Waals surface area contributed by atoms with Crippen molar-refractivity contribution in [3.63, 3.8) is 0 Å². The number of benzene rings is 4. The summed E-state index contributed by atoms with van der Waals surface area (Å²) >= 11 is 13.9. The van der Waals surface area contributed by atoms with Gasteiger partial charge in [0.25, 0.3) is 0 Å². The fraction of sp³-hybridized carbons (Fsp3) is 0.107. The molecule has 1 heterocycles. The summed E-state index contributed by atoms with van der Waals surface area (Å²) < 4.78 is 7.16. The minimum atomic E-state index is 0.389. The van der Waals surface area contributed by atoms with Gasteiger partial charge < -0.3 is 10.1 Å². The van der Waals surface area contributed by atoms with E-state index in [1.807, 2.05) is 30.3 Å². The molecule has 0 unspecified atom stereocenters. The van der Waals surface area contributed by atoms with Crippen molar-refractivity contribution >= 4 is 50.4 Å². The molecule has 0 aliphatic carbocycles. The van der Waals surface area contributed by atoms with Crippen LogP contribution in [-0.2, 0) is 13.2 Å². The van der Waals surface area contributed by atoms with Gasteiger partial charge in [0.1, 0.15) is 17.4 Å². The predicted octanol–water partition coefficient (Wildman–Crippen LogP) is 8.77. The zero-order valence-corrected chi connectivity index (χ0v) is 20.8. The van der Waals surface area contributed by atoms with Gasteiger partial charge in [0.2, 0.25) is 0 Å². The largest absolute Gasteiger partial charge is 0.489 e. The Bertz CT molecular complexity index is 1450. The van der Waals surface area contributed by atoms with Crippen LogP contribution >= 0.6 is 34.5 Å². The van der Waals surface area contributed by atoms with Crippen molar-refractivity contribution in [3.05, 3.63) is 112 Å². The third-order valence-electron chi connectivity index (χ3n) is 5.48. The maximum Gasteiger partial charge on any atom is 0.124 e. The van der Waals surface area contributed by atoms with Crippen LogP contribution in [0.2, 0.25) is 10.0 Å². The molecule has 0 spiro atoms. The number of aromatic nitrogens is 1. The molecule has 0 radical (unpaired) electrons. The van der Waals surface area contributed by atoms with Crippen LogP contribution in [0, 0.1) is 6.92 Å². The highest BCUT2D eigenvalue weighted by Gasteiger charge is 2.07. The van der Waals surface area contributed by atoms with E-state index in [0.29, 0.717) is 23.2 Å². The van der Waals surface area contributed by atoms with Crippen molar-refractivity contribution in [3.8, 4) is 16.3 Å². The lowest BCUT2D eigenvalue weighted by atomic mass is 10.2. The number of aryl methyl sites for hydroxylation is 1. The lowest BCUT2D eigenvalue weighted by Crippen LogP contribution is -2.01. The van der Waals surface area contributed by atoms with E-state index in [9.17, 15) is 0 Å². The highest BCUT2D eigenvalue weighted by atomic mass is 35.5. The van der Waals surface area contributed by atoms with E-state index in [-0.39, 0.29) is 0 Å². The van der Waals surface area contributed by atoms with E-state index in [1.165, 1.54) is 10.3 Å². The Kier molecular flexibility index (Phi) is 6.73. The molecule has 0 aliphatic rings. The Labute approximate surface area is 213 Å². The molecule has 0 saturated carbocycles. The molecule has 0 bridgehead atoms. The highest BCUT2D eigenvalue weighted by Crippen LogP contribution is 2.31. The summed E-state index contributed by atoms with van der Waals surface area (Å²) in [5, 5.41) is 5.74. The van der Waals surface area contributed by atoms with Crippen molar-refractivity contribution in [1.82, 2.24) is 4.98 Å². The molecule has 1 aromatic heterocycles. The molecule has 1 N–H and O–H groups in total. The molecule has 170 valence electrons. The monoisotopic (exact) mass is 504 g/mol. The van der Waals surface area contributed by atoms with E-state index >= 15 is 0 Å². The normalized spacial score (nSPS) is 11.0. The first-order valence-electron chi connectivity index (χ1n) is 10.9. The van der Waals surface area contributed by atoms with Gasteiger partial charge in [-0.25, -0.2) is 4.98 Å². The minimum Gasteiger partial charge on any atom is -0.489 e. The average molecular weight is 505 g/mol. The number of fused-ring (bicyclic) bond motifs is 1. The molecule has 0 amide bonds. The van der Waals surface area contributed by atoms with Gasteiger partial charge in [0.05, 0.1) is 10.2 Å². The zero-order chi connectivity index (χ0) is 23.5. The number of nitrogens with one attached hydrogen (secondary N) is 1. The number of ether oxygens (including phenoxy) is 1. The Hall–Kier alpha value is -3.05. The maximum absolute atomic E-state index is 6.24. The van der Waals surface area contributed by atoms with Crippen molar-refractivity contribution in [2.75, 3.05) is 5.32 Å². The number of anilines is 1. The van der Waals surface area contributed by atoms with Crippen molar-refractivity contribution in [2.45, 2.75) is 20.1 Å². The summed E-state index contributed by atoms with van der Waals surface area (Å²) in [6.07, 6.45) is 0. The van der Waals surface area contributed by atoms with Gasteiger partial charge in [0, 0.05) is 33.4 Å². The molecular weight excluding hydrogens is 483 g/mol. The van der Waals surface area contributed by atoms with Crippen molar-refractivity contribution in [2.24, 2.45) is 0 Å². The molecular formula is C28H22Cl2N2OS. The first-order chi connectivity index (χ1) is 16.5. The molecule has 6 heteroatoms. The number of hydrogen-bond acceptors (Lipinski definition) is 4. The van der Waals surface area contributed by atoms with Crippen LogP contribution in [0.25, 0.3) is 20.8 Å². The smallest absolute Gasteiger partial charge is 0.124 e. The first-order valence-corrected chi connectivity index (χ1v) is 12.5. The van der Waals surface area contributed by atoms with E-state index in [4.69, 9.17) is 32.9 Å². The summed E-state index contributed by atoms with van der Waals surface area (Å²) in [4.78, 5) is 4.78. The van der Waals surface area contributed by atoms with Crippen LogP contribution in [0.5, 0.6) is 5.75 Å². The standard InChI is InChI=1S/C28H22Cl2N2OS/c1-18-5-12-26-27(13-18)34-28(32-26)20-7-10-23(11-8-20)31-16-19-3-2-4-24(14-19)33-17-21-6-9-22(29)15-25(21)30/h2-15,31H,16-17H2,1H3. The number of nitrogens with zero attached hydrogens (tertiary/aromatic N) is 1. The van der Waals surface area contributed by atoms with Crippen LogP contribution in [0.4, 0.5) is 5.69 Å². The van der Waals surface area contributed by atoms with E-state index in [0.717, 1.165) is 38.7 Å². The number of hydrogen-bond donors (Lipinski definition) is 1. The summed E-state index contributed by atoms with van der Waals surface area (Å²) in [5.41, 5.74) is 6.52. The molecule has 3 nitrogen and oxygen atoms in total. The van der Waals surface area contributed by atoms with Crippen LogP contribution in [-0.4, -0.2) is 4.98 Å². The SMILES string of the molecule is Cc1ccc2nc(-c3ccc(NCc4cccc(OCc5ccc(Cl)cc5Cl)c4)cc3)sc2c1. The minimum absolute atomic E-state index is 0.389. The number of thiazole rings is 1. The van der Waals surface area contributed by atoms with Crippen molar-refractivity contribution < 1.29 is 4.74 Å². The molecule has 4 aromatic carbocycles. The number of halogens is 2. The van der Waals surface area contributed by atoms with Gasteiger partial charge in [-0.1, -0.05) is 47.5 Å². The van der Waals surface area contributed by atoms with Crippen LogP contribution in [0.1, 0.15) is 16.7 Å². The van der Waals surface area contributed by atoms with Gasteiger partial charge in [-0.05, 0) is 78.7 Å². The summed E-state index contributed by atoms with van der Waals surface area (Å²) in [6, 6.07) is 28.3. The third kappa shape index (κ3) is 5.36. The first kappa shape index (κ1) is 22.7. The number of rotatable bonds is 7. The van der Waals surface area contributed by atoms with E-state index in [2.05, 4.69) is 60.8 Å². The van der Waals surface area contributed by atoms with Crippen LogP contribution in [0.3, 0.4) is 0 Å². The molecule has 0 fully saturated rings. The fourth-order valence-corrected chi connectivity index (χ4v) is 5.17. The quantitative estimate of drug-likeness (QED) is 0.240. The molecule has 0 atom stereocenters. The van der Waals surface area contributed by atoms with Crippen LogP contribution in [0.15, 0.2) is 84.9 Å². The van der Waals surface area contributed by atoms with Gasteiger partial charge in [0.15, 0.2) is 0 Å². The van der Waals surface area contributed by atoms with Gasteiger partial charge in [-0.2, -0.15) is 0 Å². The van der Waals surface area contributed by atoms with E-state index in [1.54, 1.807) is 17.4 Å². The lowest BCUT2D eigenvalue weighted by Gasteiger charge is -2.11. The third-order valence-corrected chi connectivity index (χ3v) is 7.13. The fourth-order valence-electron chi connectivity index (χ4n) is 3.64. The zero-order valence-electron chi connectivity index (χ0n) is 18.5. The van der Waals surface area contributed by atoms with Gasteiger partial charge >= 0.3 is 0 Å². The Balaban J connectivity index is 1.21. The molecule has 5 rings (SSSR count). The highest BCUT2D eigenvalue weighted by molar-refractivity contribution is 7.21. The van der Waals surface area contributed by atoms with Gasteiger partial charge in [-0.15, -0.1) is 11.3 Å². The Morgan fingerprint density at radius 1 is 0.912 bits per heavy atom. The van der Waals surface area contributed by atoms with E-state index < -0.39 is 0 Å². The van der Waals surface area contributed by atoms with Gasteiger partial charge in [-0.3, -0.25) is 0 Å². The summed E-state index contributed by atoms with van der Waals surface area (Å²) in [5.74, 6) is 0.798. The maximum atomic E-state index is 6.24. The second-order valence-electron chi connectivity index (χ2n) is 8.09. The lowest BCUT2D eigenvalue weighted by molar-refractivity contribution is 0.306. The summed E-state index contributed by atoms with van der Waals surface area (Å²) in [7, 11) is 0. The average Bonchev–Trinajstić information content (AvgIpc) is 3.26. The summed E-state index contributed by atoms with van der Waals surface area (Å²) in [6.45, 7) is 3.19. The topological polar surface area (TPSA) is 34.2 Å². The Morgan fingerprint density at radius 2 is 1.76 bits per heavy atom. The second-order valence-corrected chi connectivity index (χ2v) is 9.97. The molecule has 5 aromatic rings. The molecule has 34 heavy (non-hydrogen) atoms.